The van der Waals surface area contributed by atoms with Crippen LogP contribution in [-0.4, -0.2) is 35.7 Å². The summed E-state index contributed by atoms with van der Waals surface area (Å²) in [5.41, 5.74) is 3.82. The Morgan fingerprint density at radius 3 is 1.60 bits per heavy atom. The predicted molar refractivity (Wildman–Crippen MR) is 159 cm³/mol. The summed E-state index contributed by atoms with van der Waals surface area (Å²) in [5, 5.41) is 6.98. The fourth-order valence-electron chi connectivity index (χ4n) is 7.70. The van der Waals surface area contributed by atoms with Crippen LogP contribution in [0.5, 0.6) is 0 Å². The van der Waals surface area contributed by atoms with Gasteiger partial charge in [0.25, 0.3) is 0 Å². The van der Waals surface area contributed by atoms with Gasteiger partial charge < -0.3 is 5.32 Å². The second-order valence-corrected chi connectivity index (χ2v) is 16.8. The van der Waals surface area contributed by atoms with Gasteiger partial charge in [0.15, 0.2) is 0 Å². The van der Waals surface area contributed by atoms with Gasteiger partial charge in [-0.15, -0.1) is 0 Å². The fraction of sp³-hybridized carbons (Fsp3) is 0.625. The zero-order valence-electron chi connectivity index (χ0n) is 22.1. The summed E-state index contributed by atoms with van der Waals surface area (Å²) >= 11 is 0. The van der Waals surface area contributed by atoms with Gasteiger partial charge in [-0.05, 0) is 99.6 Å². The molecule has 0 bridgehead atoms. The van der Waals surface area contributed by atoms with Crippen molar-refractivity contribution in [3.63, 3.8) is 0 Å². The fourth-order valence-corrected chi connectivity index (χ4v) is 16.4. The molecule has 3 saturated carbocycles. The van der Waals surface area contributed by atoms with Crippen molar-refractivity contribution in [2.75, 3.05) is 7.05 Å². The first-order chi connectivity index (χ1) is 17.3. The number of benzene rings is 2. The summed E-state index contributed by atoms with van der Waals surface area (Å²) in [6, 6.07) is 24.0. The van der Waals surface area contributed by atoms with Crippen molar-refractivity contribution < 1.29 is 0 Å². The third kappa shape index (κ3) is 5.89. The van der Waals surface area contributed by atoms with Crippen LogP contribution in [0.4, 0.5) is 0 Å². The van der Waals surface area contributed by atoms with Crippen LogP contribution in [0.25, 0.3) is 0 Å². The Bertz CT molecular complexity index is 817. The highest BCUT2D eigenvalue weighted by molar-refractivity contribution is 7.74. The molecule has 5 rings (SSSR count). The smallest absolute Gasteiger partial charge is 0.00702 e. The quantitative estimate of drug-likeness (QED) is 0.357. The molecule has 1 N–H and O–H groups in total. The highest BCUT2D eigenvalue weighted by Gasteiger charge is 2.50. The van der Waals surface area contributed by atoms with E-state index in [4.69, 9.17) is 0 Å². The monoisotopic (exact) mass is 507 g/mol. The van der Waals surface area contributed by atoms with Gasteiger partial charge in [0.05, 0.1) is 0 Å². The van der Waals surface area contributed by atoms with Crippen LogP contribution in [0.15, 0.2) is 60.7 Å². The van der Waals surface area contributed by atoms with Crippen LogP contribution in [0.1, 0.15) is 84.0 Å². The molecule has 3 fully saturated rings. The summed E-state index contributed by atoms with van der Waals surface area (Å²) in [5.74, 6) is 0.845. The van der Waals surface area contributed by atoms with E-state index in [0.29, 0.717) is 6.04 Å². The Labute approximate surface area is 217 Å². The minimum absolute atomic E-state index is 0.0481. The van der Waals surface area contributed by atoms with Crippen molar-refractivity contribution in [3.8, 4) is 0 Å². The van der Waals surface area contributed by atoms with E-state index in [-0.39, 0.29) is 15.8 Å². The van der Waals surface area contributed by atoms with E-state index in [9.17, 15) is 0 Å². The lowest BCUT2D eigenvalue weighted by molar-refractivity contribution is 0.401. The van der Waals surface area contributed by atoms with Crippen molar-refractivity contribution in [2.45, 2.75) is 113 Å². The highest BCUT2D eigenvalue weighted by Crippen LogP contribution is 2.68. The lowest BCUT2D eigenvalue weighted by Crippen LogP contribution is -2.42. The Balaban J connectivity index is 1.58. The molecule has 0 aliphatic heterocycles. The van der Waals surface area contributed by atoms with Crippen molar-refractivity contribution in [1.29, 1.82) is 0 Å². The number of hydrogen-bond donors (Lipinski definition) is 1. The molecule has 1 nitrogen and oxygen atoms in total. The molecule has 0 saturated heterocycles. The van der Waals surface area contributed by atoms with Gasteiger partial charge in [0, 0.05) is 6.04 Å². The largest absolute Gasteiger partial charge is 0.317 e. The molecule has 4 atom stereocenters. The minimum atomic E-state index is -0.334. The normalized spacial score (nSPS) is 27.5. The first kappa shape index (κ1) is 25.9. The molecule has 0 amide bonds. The summed E-state index contributed by atoms with van der Waals surface area (Å²) in [6.45, 7) is 2.50. The van der Waals surface area contributed by atoms with Crippen molar-refractivity contribution in [1.82, 2.24) is 5.32 Å². The number of rotatable bonds is 8. The van der Waals surface area contributed by atoms with Gasteiger partial charge in [-0.3, -0.25) is 0 Å². The molecule has 2 aromatic carbocycles. The maximum absolute atomic E-state index is 3.75. The molecule has 3 unspecified atom stereocenters. The Morgan fingerprint density at radius 2 is 1.14 bits per heavy atom. The molecule has 0 radical (unpaired) electrons. The molecule has 2 aromatic rings. The van der Waals surface area contributed by atoms with Crippen LogP contribution >= 0.6 is 15.8 Å². The molecular weight excluding hydrogens is 460 g/mol. The first-order valence-corrected chi connectivity index (χ1v) is 17.6. The van der Waals surface area contributed by atoms with E-state index in [1.54, 1.807) is 10.6 Å². The first-order valence-electron chi connectivity index (χ1n) is 14.6. The van der Waals surface area contributed by atoms with E-state index in [2.05, 4.69) is 80.0 Å². The Kier molecular flexibility index (Phi) is 9.38. The molecule has 0 spiro atoms. The lowest BCUT2D eigenvalue weighted by atomic mass is 9.98. The third-order valence-electron chi connectivity index (χ3n) is 9.46. The molecule has 0 aromatic heterocycles. The SMILES string of the molecule is CN[C@H](C)C1CCC(P(c2ccccc2)c2ccccc2)C1P(C1CCCCC1)C1CCCCC1. The summed E-state index contributed by atoms with van der Waals surface area (Å²) < 4.78 is 0. The predicted octanol–water partition coefficient (Wildman–Crippen LogP) is 8.02. The number of nitrogens with one attached hydrogen (secondary N) is 1. The van der Waals surface area contributed by atoms with Crippen molar-refractivity contribution >= 4 is 26.5 Å². The molecule has 3 heteroatoms. The zero-order chi connectivity index (χ0) is 24.0. The zero-order valence-corrected chi connectivity index (χ0v) is 23.9. The molecule has 3 aliphatic carbocycles. The van der Waals surface area contributed by atoms with Crippen molar-refractivity contribution in [3.05, 3.63) is 60.7 Å². The van der Waals surface area contributed by atoms with E-state index in [0.717, 1.165) is 28.6 Å². The molecule has 35 heavy (non-hydrogen) atoms. The van der Waals surface area contributed by atoms with Gasteiger partial charge in [-0.25, -0.2) is 0 Å². The van der Waals surface area contributed by atoms with Crippen molar-refractivity contribution in [2.24, 2.45) is 5.92 Å². The number of hydrogen-bond acceptors (Lipinski definition) is 1. The Morgan fingerprint density at radius 1 is 0.657 bits per heavy atom. The topological polar surface area (TPSA) is 12.0 Å². The second kappa shape index (κ2) is 12.7. The van der Waals surface area contributed by atoms with Crippen LogP contribution in [0, 0.1) is 5.92 Å². The van der Waals surface area contributed by atoms with E-state index in [1.807, 2.05) is 0 Å². The Hall–Kier alpha value is -0.740. The van der Waals surface area contributed by atoms with Gasteiger partial charge in [-0.1, -0.05) is 107 Å². The van der Waals surface area contributed by atoms with Crippen LogP contribution < -0.4 is 15.9 Å². The molecular formula is C32H47NP2. The van der Waals surface area contributed by atoms with E-state index >= 15 is 0 Å². The second-order valence-electron chi connectivity index (χ2n) is 11.4. The summed E-state index contributed by atoms with van der Waals surface area (Å²) in [4.78, 5) is 0. The standard InChI is InChI=1S/C32H47NP2/c1-25(33-2)30-23-24-31(34(26-15-7-3-8-16-26)27-17-9-4-10-18-27)32(30)35(28-19-11-5-12-20-28)29-21-13-6-14-22-29/h3-4,7-10,15-18,25,28-33H,5-6,11-14,19-24H2,1-2H3/t25-,30?,31?,32?/m1/s1. The van der Waals surface area contributed by atoms with Crippen LogP contribution in [-0.2, 0) is 0 Å². The highest BCUT2D eigenvalue weighted by atomic mass is 31.1. The maximum atomic E-state index is 3.75. The maximum Gasteiger partial charge on any atom is 0.00702 e. The van der Waals surface area contributed by atoms with Gasteiger partial charge in [0.1, 0.15) is 0 Å². The minimum Gasteiger partial charge on any atom is -0.317 e. The molecule has 0 heterocycles. The van der Waals surface area contributed by atoms with Gasteiger partial charge >= 0.3 is 0 Å². The van der Waals surface area contributed by atoms with Crippen LogP contribution in [0.3, 0.4) is 0 Å². The molecule has 3 aliphatic rings. The average molecular weight is 508 g/mol. The average Bonchev–Trinajstić information content (AvgIpc) is 3.35. The van der Waals surface area contributed by atoms with Gasteiger partial charge in [-0.2, -0.15) is 0 Å². The van der Waals surface area contributed by atoms with E-state index < -0.39 is 0 Å². The van der Waals surface area contributed by atoms with Crippen LogP contribution in [0.2, 0.25) is 0 Å². The lowest BCUT2D eigenvalue weighted by Gasteiger charge is -2.48. The molecule has 190 valence electrons. The van der Waals surface area contributed by atoms with E-state index in [1.165, 1.54) is 77.0 Å². The summed E-state index contributed by atoms with van der Waals surface area (Å²) in [6.07, 6.45) is 17.9. The third-order valence-corrected chi connectivity index (χ3v) is 16.8. The summed E-state index contributed by atoms with van der Waals surface area (Å²) in [7, 11) is 1.93. The van der Waals surface area contributed by atoms with Gasteiger partial charge in [0.2, 0.25) is 0 Å².